The second-order valence-electron chi connectivity index (χ2n) is 8.51. The highest BCUT2D eigenvalue weighted by molar-refractivity contribution is 6.00. The van der Waals surface area contributed by atoms with Crippen LogP contribution in [0.5, 0.6) is 0 Å². The molecule has 0 bridgehead atoms. The number of piperidine rings is 1. The molecule has 2 aromatic carbocycles. The van der Waals surface area contributed by atoms with Gasteiger partial charge in [-0.25, -0.2) is 9.37 Å². The molecule has 0 aliphatic carbocycles. The molecule has 0 atom stereocenters. The SMILES string of the molecule is CN(C(=O)c1ccc(F)cc1C(F)(F)F)C1CCN(C(=O)c2ccccc2Nc2ccccn2)CC1. The molecule has 6 nitrogen and oxygen atoms in total. The lowest BCUT2D eigenvalue weighted by Gasteiger charge is -2.37. The Morgan fingerprint density at radius 1 is 1.00 bits per heavy atom. The first-order valence-electron chi connectivity index (χ1n) is 11.4. The van der Waals surface area contributed by atoms with Crippen molar-refractivity contribution in [3.63, 3.8) is 0 Å². The van der Waals surface area contributed by atoms with Crippen molar-refractivity contribution < 1.29 is 27.2 Å². The van der Waals surface area contributed by atoms with Crippen LogP contribution >= 0.6 is 0 Å². The number of hydrogen-bond donors (Lipinski definition) is 1. The fourth-order valence-electron chi connectivity index (χ4n) is 4.27. The van der Waals surface area contributed by atoms with Gasteiger partial charge in [0.15, 0.2) is 0 Å². The van der Waals surface area contributed by atoms with E-state index >= 15 is 0 Å². The first kappa shape index (κ1) is 25.2. The second-order valence-corrected chi connectivity index (χ2v) is 8.51. The minimum Gasteiger partial charge on any atom is -0.340 e. The van der Waals surface area contributed by atoms with Gasteiger partial charge in [0, 0.05) is 32.4 Å². The van der Waals surface area contributed by atoms with E-state index in [9.17, 15) is 27.2 Å². The van der Waals surface area contributed by atoms with Gasteiger partial charge >= 0.3 is 6.18 Å². The van der Waals surface area contributed by atoms with Crippen LogP contribution in [-0.2, 0) is 6.18 Å². The Morgan fingerprint density at radius 3 is 2.36 bits per heavy atom. The second kappa shape index (κ2) is 10.3. The number of hydrogen-bond acceptors (Lipinski definition) is 4. The molecule has 1 aliphatic rings. The molecule has 0 unspecified atom stereocenters. The zero-order chi connectivity index (χ0) is 25.9. The topological polar surface area (TPSA) is 65.5 Å². The Hall–Kier alpha value is -3.95. The van der Waals surface area contributed by atoms with E-state index in [1.165, 1.54) is 11.9 Å². The van der Waals surface area contributed by atoms with E-state index in [1.54, 1.807) is 47.5 Å². The Bertz CT molecular complexity index is 1240. The molecular formula is C26H24F4N4O2. The van der Waals surface area contributed by atoms with Gasteiger partial charge in [-0.2, -0.15) is 13.2 Å². The number of nitrogens with one attached hydrogen (secondary N) is 1. The highest BCUT2D eigenvalue weighted by Crippen LogP contribution is 2.33. The smallest absolute Gasteiger partial charge is 0.340 e. The van der Waals surface area contributed by atoms with Crippen molar-refractivity contribution in [2.24, 2.45) is 0 Å². The normalized spacial score (nSPS) is 14.4. The van der Waals surface area contributed by atoms with Crippen molar-refractivity contribution in [2.45, 2.75) is 25.1 Å². The van der Waals surface area contributed by atoms with Gasteiger partial charge in [0.05, 0.1) is 22.4 Å². The van der Waals surface area contributed by atoms with Gasteiger partial charge in [-0.3, -0.25) is 9.59 Å². The molecule has 0 saturated carbocycles. The Labute approximate surface area is 205 Å². The van der Waals surface area contributed by atoms with E-state index in [1.807, 2.05) is 6.07 Å². The van der Waals surface area contributed by atoms with Crippen LogP contribution < -0.4 is 5.32 Å². The summed E-state index contributed by atoms with van der Waals surface area (Å²) in [7, 11) is 1.43. The number of para-hydroxylation sites is 1. The van der Waals surface area contributed by atoms with Gasteiger partial charge in [0.1, 0.15) is 11.6 Å². The third-order valence-electron chi connectivity index (χ3n) is 6.22. The maximum absolute atomic E-state index is 13.4. The summed E-state index contributed by atoms with van der Waals surface area (Å²) in [6.07, 6.45) is -2.43. The van der Waals surface area contributed by atoms with E-state index in [-0.39, 0.29) is 11.9 Å². The van der Waals surface area contributed by atoms with Crippen molar-refractivity contribution >= 4 is 23.3 Å². The first-order valence-corrected chi connectivity index (χ1v) is 11.4. The minimum absolute atomic E-state index is 0.195. The molecule has 4 rings (SSSR count). The molecule has 1 aliphatic heterocycles. The van der Waals surface area contributed by atoms with Crippen LogP contribution in [0.4, 0.5) is 29.1 Å². The number of anilines is 2. The lowest BCUT2D eigenvalue weighted by Crippen LogP contribution is -2.47. The first-order chi connectivity index (χ1) is 17.1. The van der Waals surface area contributed by atoms with Crippen molar-refractivity contribution in [3.8, 4) is 0 Å². The fraction of sp³-hybridized carbons (Fsp3) is 0.269. The summed E-state index contributed by atoms with van der Waals surface area (Å²) >= 11 is 0. The number of alkyl halides is 3. The lowest BCUT2D eigenvalue weighted by atomic mass is 9.99. The van der Waals surface area contributed by atoms with Gasteiger partial charge in [-0.15, -0.1) is 0 Å². The predicted octanol–water partition coefficient (Wildman–Crippen LogP) is 5.36. The number of amides is 2. The molecule has 1 fully saturated rings. The number of nitrogens with zero attached hydrogens (tertiary/aromatic N) is 3. The number of carbonyl (C=O) groups is 2. The summed E-state index contributed by atoms with van der Waals surface area (Å²) in [5.74, 6) is -1.50. The van der Waals surface area contributed by atoms with Crippen LogP contribution in [0.3, 0.4) is 0 Å². The number of rotatable bonds is 5. The lowest BCUT2D eigenvalue weighted by molar-refractivity contribution is -0.138. The monoisotopic (exact) mass is 500 g/mol. The molecule has 1 aromatic heterocycles. The minimum atomic E-state index is -4.86. The summed E-state index contributed by atoms with van der Waals surface area (Å²) in [4.78, 5) is 33.3. The summed E-state index contributed by atoms with van der Waals surface area (Å²) in [6, 6.07) is 14.1. The fourth-order valence-corrected chi connectivity index (χ4v) is 4.27. The van der Waals surface area contributed by atoms with E-state index < -0.39 is 29.0 Å². The van der Waals surface area contributed by atoms with E-state index in [2.05, 4.69) is 10.3 Å². The van der Waals surface area contributed by atoms with Gasteiger partial charge in [0.2, 0.25) is 0 Å². The molecule has 10 heteroatoms. The molecule has 188 valence electrons. The largest absolute Gasteiger partial charge is 0.417 e. The van der Waals surface area contributed by atoms with Gasteiger partial charge in [-0.1, -0.05) is 18.2 Å². The van der Waals surface area contributed by atoms with Crippen LogP contribution in [0.1, 0.15) is 39.1 Å². The van der Waals surface area contributed by atoms with E-state index in [0.29, 0.717) is 49.1 Å². The predicted molar refractivity (Wildman–Crippen MR) is 126 cm³/mol. The summed E-state index contributed by atoms with van der Waals surface area (Å²) in [5.41, 5.74) is -0.831. The van der Waals surface area contributed by atoms with Crippen molar-refractivity contribution in [1.29, 1.82) is 0 Å². The summed E-state index contributed by atoms with van der Waals surface area (Å²) in [6.45, 7) is 0.656. The molecule has 0 spiro atoms. The Morgan fingerprint density at radius 2 is 1.69 bits per heavy atom. The number of pyridine rings is 1. The molecule has 36 heavy (non-hydrogen) atoms. The van der Waals surface area contributed by atoms with Crippen LogP contribution in [0.25, 0.3) is 0 Å². The van der Waals surface area contributed by atoms with E-state index in [0.717, 1.165) is 12.1 Å². The maximum atomic E-state index is 13.4. The molecular weight excluding hydrogens is 476 g/mol. The number of aromatic nitrogens is 1. The van der Waals surface area contributed by atoms with Gasteiger partial charge < -0.3 is 15.1 Å². The van der Waals surface area contributed by atoms with Gasteiger partial charge in [-0.05, 0) is 55.3 Å². The van der Waals surface area contributed by atoms with Crippen molar-refractivity contribution in [3.05, 3.63) is 89.4 Å². The third-order valence-corrected chi connectivity index (χ3v) is 6.22. The number of benzene rings is 2. The zero-order valence-corrected chi connectivity index (χ0v) is 19.4. The van der Waals surface area contributed by atoms with Crippen LogP contribution in [0, 0.1) is 5.82 Å². The highest BCUT2D eigenvalue weighted by Gasteiger charge is 2.37. The zero-order valence-electron chi connectivity index (χ0n) is 19.4. The molecule has 0 radical (unpaired) electrons. The summed E-state index contributed by atoms with van der Waals surface area (Å²) in [5, 5.41) is 3.14. The maximum Gasteiger partial charge on any atom is 0.417 e. The Kier molecular flexibility index (Phi) is 7.23. The highest BCUT2D eigenvalue weighted by atomic mass is 19.4. The molecule has 1 N–H and O–H groups in total. The van der Waals surface area contributed by atoms with Crippen LogP contribution in [0.2, 0.25) is 0 Å². The van der Waals surface area contributed by atoms with E-state index in [4.69, 9.17) is 0 Å². The molecule has 2 amide bonds. The van der Waals surface area contributed by atoms with Gasteiger partial charge in [0.25, 0.3) is 11.8 Å². The number of likely N-dealkylation sites (tertiary alicyclic amines) is 1. The summed E-state index contributed by atoms with van der Waals surface area (Å²) < 4.78 is 53.6. The number of halogens is 4. The van der Waals surface area contributed by atoms with Crippen molar-refractivity contribution in [1.82, 2.24) is 14.8 Å². The molecule has 2 heterocycles. The molecule has 3 aromatic rings. The average Bonchev–Trinajstić information content (AvgIpc) is 2.88. The number of carbonyl (C=O) groups excluding carboxylic acids is 2. The standard InChI is InChI=1S/C26H24F4N4O2/c1-33(24(35)19-10-9-17(27)16-21(19)26(28,29)30)18-11-14-34(15-12-18)25(36)20-6-2-3-7-22(20)32-23-8-4-5-13-31-23/h2-10,13,16,18H,11-12,14-15H2,1H3,(H,31,32). The van der Waals surface area contributed by atoms with Crippen molar-refractivity contribution in [2.75, 3.05) is 25.5 Å². The van der Waals surface area contributed by atoms with Crippen LogP contribution in [-0.4, -0.2) is 52.8 Å². The quantitative estimate of drug-likeness (QED) is 0.479. The van der Waals surface area contributed by atoms with Crippen LogP contribution in [0.15, 0.2) is 66.9 Å². The average molecular weight is 500 g/mol. The molecule has 1 saturated heterocycles. The Balaban J connectivity index is 1.44. The third kappa shape index (κ3) is 5.48.